The molecule has 0 aliphatic rings. The Labute approximate surface area is 431 Å². The first-order valence-electron chi connectivity index (χ1n) is 31.5. The number of rotatable bonds is 59. The van der Waals surface area contributed by atoms with Crippen LogP contribution in [0.2, 0.25) is 0 Å². The lowest BCUT2D eigenvalue weighted by molar-refractivity contribution is -0.143. The van der Waals surface area contributed by atoms with Crippen molar-refractivity contribution in [2.45, 2.75) is 366 Å². The van der Waals surface area contributed by atoms with Crippen molar-refractivity contribution in [2.75, 3.05) is 13.2 Å². The Morgan fingerprint density at radius 3 is 0.986 bits per heavy atom. The summed E-state index contributed by atoms with van der Waals surface area (Å²) in [6.07, 6.45) is 71.4. The molecule has 3 N–H and O–H groups in total. The van der Waals surface area contributed by atoms with E-state index in [9.17, 15) is 19.8 Å². The van der Waals surface area contributed by atoms with Crippen LogP contribution in [0, 0.1) is 0 Å². The SMILES string of the molecule is CCCCCCCCCC/C=C/C(O)C(CO)NC(=O)CCCCCCCCCCCCCCCCCCCCCCCCCCCCCCCCCOC(=O)CCCCCCCCCCCCC. The number of nitrogens with one attached hydrogen (secondary N) is 1. The molecule has 0 aliphatic carbocycles. The molecule has 2 atom stereocenters. The Morgan fingerprint density at radius 2 is 0.667 bits per heavy atom. The molecule has 1 amide bonds. The standard InChI is InChI=1S/C63H123NO5/c1-3-5-7-9-11-13-36-41-45-49-53-57-63(68)69-58-54-50-46-42-38-35-33-31-29-27-25-23-21-19-17-15-16-18-20-22-24-26-28-30-32-34-37-40-44-48-52-56-62(67)64-60(59-65)61(66)55-51-47-43-39-14-12-10-8-6-4-2/h51,55,60-61,65-66H,3-50,52-54,56-59H2,1-2H3,(H,64,67)/b55-51+. The summed E-state index contributed by atoms with van der Waals surface area (Å²) in [4.78, 5) is 24.4. The zero-order valence-corrected chi connectivity index (χ0v) is 46.8. The molecule has 2 unspecified atom stereocenters. The van der Waals surface area contributed by atoms with Crippen LogP contribution in [-0.2, 0) is 14.3 Å². The van der Waals surface area contributed by atoms with Crippen molar-refractivity contribution in [2.24, 2.45) is 0 Å². The summed E-state index contributed by atoms with van der Waals surface area (Å²) >= 11 is 0. The maximum Gasteiger partial charge on any atom is 0.305 e. The molecule has 0 rings (SSSR count). The first-order valence-corrected chi connectivity index (χ1v) is 31.5. The van der Waals surface area contributed by atoms with E-state index in [1.165, 1.54) is 289 Å². The molecule has 0 spiro atoms. The van der Waals surface area contributed by atoms with Crippen LogP contribution in [0.1, 0.15) is 354 Å². The van der Waals surface area contributed by atoms with Crippen LogP contribution in [0.4, 0.5) is 0 Å². The maximum atomic E-state index is 12.4. The van der Waals surface area contributed by atoms with E-state index in [-0.39, 0.29) is 18.5 Å². The summed E-state index contributed by atoms with van der Waals surface area (Å²) in [5.74, 6) is -0.0438. The zero-order valence-electron chi connectivity index (χ0n) is 46.8. The van der Waals surface area contributed by atoms with Gasteiger partial charge in [0.15, 0.2) is 0 Å². The van der Waals surface area contributed by atoms with Crippen LogP contribution in [0.5, 0.6) is 0 Å². The normalized spacial score (nSPS) is 12.6. The van der Waals surface area contributed by atoms with E-state index in [1.807, 2.05) is 6.08 Å². The highest BCUT2D eigenvalue weighted by Crippen LogP contribution is 2.18. The Bertz CT molecular complexity index is 1030. The molecular formula is C63H123NO5. The summed E-state index contributed by atoms with van der Waals surface area (Å²) in [6.45, 7) is 4.90. The molecule has 0 aromatic rings. The van der Waals surface area contributed by atoms with Gasteiger partial charge in [0.25, 0.3) is 0 Å². The molecular weight excluding hydrogens is 851 g/mol. The monoisotopic (exact) mass is 974 g/mol. The van der Waals surface area contributed by atoms with Gasteiger partial charge in [-0.3, -0.25) is 9.59 Å². The molecule has 6 nitrogen and oxygen atoms in total. The van der Waals surface area contributed by atoms with E-state index in [4.69, 9.17) is 4.74 Å². The van der Waals surface area contributed by atoms with Crippen molar-refractivity contribution >= 4 is 11.9 Å². The molecule has 0 radical (unpaired) electrons. The number of allylic oxidation sites excluding steroid dienone is 1. The number of ether oxygens (including phenoxy) is 1. The number of carbonyl (C=O) groups is 2. The van der Waals surface area contributed by atoms with E-state index in [0.717, 1.165) is 38.5 Å². The van der Waals surface area contributed by atoms with Crippen LogP contribution in [0.25, 0.3) is 0 Å². The summed E-state index contributed by atoms with van der Waals surface area (Å²) in [5.41, 5.74) is 0. The molecule has 0 aromatic heterocycles. The molecule has 69 heavy (non-hydrogen) atoms. The minimum absolute atomic E-state index is 0.0204. The Balaban J connectivity index is 3.30. The minimum atomic E-state index is -0.838. The second-order valence-corrected chi connectivity index (χ2v) is 21.8. The number of hydrogen-bond donors (Lipinski definition) is 3. The van der Waals surface area contributed by atoms with Crippen molar-refractivity contribution in [1.29, 1.82) is 0 Å². The molecule has 0 aliphatic heterocycles. The molecule has 0 bridgehead atoms. The van der Waals surface area contributed by atoms with Gasteiger partial charge in [-0.15, -0.1) is 0 Å². The lowest BCUT2D eigenvalue weighted by atomic mass is 10.0. The lowest BCUT2D eigenvalue weighted by Crippen LogP contribution is -2.45. The smallest absolute Gasteiger partial charge is 0.305 e. The van der Waals surface area contributed by atoms with Crippen molar-refractivity contribution < 1.29 is 24.5 Å². The molecule has 0 saturated carbocycles. The van der Waals surface area contributed by atoms with Gasteiger partial charge in [0, 0.05) is 12.8 Å². The zero-order chi connectivity index (χ0) is 50.0. The van der Waals surface area contributed by atoms with E-state index >= 15 is 0 Å². The predicted octanol–water partition coefficient (Wildman–Crippen LogP) is 19.6. The van der Waals surface area contributed by atoms with Gasteiger partial charge in [-0.2, -0.15) is 0 Å². The van der Waals surface area contributed by atoms with E-state index in [0.29, 0.717) is 19.4 Å². The number of aliphatic hydroxyl groups excluding tert-OH is 2. The second kappa shape index (κ2) is 59.2. The summed E-state index contributed by atoms with van der Waals surface area (Å²) in [7, 11) is 0. The van der Waals surface area contributed by atoms with Crippen molar-refractivity contribution in [3.05, 3.63) is 12.2 Å². The number of esters is 1. The molecule has 0 heterocycles. The van der Waals surface area contributed by atoms with E-state index < -0.39 is 12.1 Å². The van der Waals surface area contributed by atoms with Crippen LogP contribution < -0.4 is 5.32 Å². The predicted molar refractivity (Wildman–Crippen MR) is 301 cm³/mol. The highest BCUT2D eigenvalue weighted by molar-refractivity contribution is 5.76. The first-order chi connectivity index (χ1) is 34.0. The van der Waals surface area contributed by atoms with Gasteiger partial charge in [0.1, 0.15) is 0 Å². The third-order valence-corrected chi connectivity index (χ3v) is 14.8. The summed E-state index contributed by atoms with van der Waals surface area (Å²) in [6, 6.07) is -0.621. The average Bonchev–Trinajstić information content (AvgIpc) is 3.35. The Hall–Kier alpha value is -1.40. The number of hydrogen-bond acceptors (Lipinski definition) is 5. The second-order valence-electron chi connectivity index (χ2n) is 21.8. The van der Waals surface area contributed by atoms with Gasteiger partial charge < -0.3 is 20.3 Å². The number of amides is 1. The van der Waals surface area contributed by atoms with E-state index in [2.05, 4.69) is 19.2 Å². The fourth-order valence-electron chi connectivity index (χ4n) is 9.99. The van der Waals surface area contributed by atoms with Gasteiger partial charge in [-0.25, -0.2) is 0 Å². The number of aliphatic hydroxyl groups is 2. The van der Waals surface area contributed by atoms with Crippen LogP contribution in [0.3, 0.4) is 0 Å². The maximum absolute atomic E-state index is 12.4. The quantitative estimate of drug-likeness (QED) is 0.0321. The van der Waals surface area contributed by atoms with Crippen LogP contribution in [0.15, 0.2) is 12.2 Å². The largest absolute Gasteiger partial charge is 0.466 e. The summed E-state index contributed by atoms with van der Waals surface area (Å²) in [5, 5.41) is 23.0. The molecule has 0 fully saturated rings. The topological polar surface area (TPSA) is 95.9 Å². The third-order valence-electron chi connectivity index (χ3n) is 14.8. The third kappa shape index (κ3) is 55.8. The fourth-order valence-corrected chi connectivity index (χ4v) is 9.99. The Morgan fingerprint density at radius 1 is 0.391 bits per heavy atom. The van der Waals surface area contributed by atoms with Gasteiger partial charge in [-0.1, -0.05) is 321 Å². The van der Waals surface area contributed by atoms with Crippen LogP contribution in [-0.4, -0.2) is 47.4 Å². The van der Waals surface area contributed by atoms with Crippen LogP contribution >= 0.6 is 0 Å². The van der Waals surface area contributed by atoms with Gasteiger partial charge in [0.2, 0.25) is 5.91 Å². The minimum Gasteiger partial charge on any atom is -0.466 e. The molecule has 410 valence electrons. The number of carbonyl (C=O) groups excluding carboxylic acids is 2. The van der Waals surface area contributed by atoms with Crippen molar-refractivity contribution in [1.82, 2.24) is 5.32 Å². The molecule has 0 saturated heterocycles. The van der Waals surface area contributed by atoms with Gasteiger partial charge >= 0.3 is 5.97 Å². The highest BCUT2D eigenvalue weighted by Gasteiger charge is 2.18. The van der Waals surface area contributed by atoms with Crippen molar-refractivity contribution in [3.8, 4) is 0 Å². The highest BCUT2D eigenvalue weighted by atomic mass is 16.5. The summed E-state index contributed by atoms with van der Waals surface area (Å²) < 4.78 is 5.47. The average molecular weight is 975 g/mol. The fraction of sp³-hybridized carbons (Fsp3) is 0.937. The number of unbranched alkanes of at least 4 members (excludes halogenated alkanes) is 48. The molecule has 6 heteroatoms. The first kappa shape index (κ1) is 67.6. The molecule has 0 aromatic carbocycles. The lowest BCUT2D eigenvalue weighted by Gasteiger charge is -2.20. The van der Waals surface area contributed by atoms with Crippen molar-refractivity contribution in [3.63, 3.8) is 0 Å². The van der Waals surface area contributed by atoms with Gasteiger partial charge in [-0.05, 0) is 32.1 Å². The van der Waals surface area contributed by atoms with E-state index in [1.54, 1.807) is 6.08 Å². The van der Waals surface area contributed by atoms with Gasteiger partial charge in [0.05, 0.1) is 25.4 Å². The Kier molecular flexibility index (Phi) is 58.0.